The van der Waals surface area contributed by atoms with Crippen LogP contribution in [0.2, 0.25) is 0 Å². The Morgan fingerprint density at radius 1 is 0.971 bits per heavy atom. The molecule has 7 nitrogen and oxygen atoms in total. The van der Waals surface area contributed by atoms with Gasteiger partial charge in [-0.2, -0.15) is 4.98 Å². The van der Waals surface area contributed by atoms with Gasteiger partial charge in [0, 0.05) is 41.7 Å². The molecule has 5 rings (SSSR count). The number of nitrogens with zero attached hydrogens (tertiary/aromatic N) is 6. The summed E-state index contributed by atoms with van der Waals surface area (Å²) < 4.78 is 7.83. The topological polar surface area (TPSA) is 82.5 Å². The van der Waals surface area contributed by atoms with Gasteiger partial charge in [0.2, 0.25) is 11.7 Å². The molecule has 0 bridgehead atoms. The summed E-state index contributed by atoms with van der Waals surface area (Å²) in [6, 6.07) is 13.1. The molecule has 0 radical (unpaired) electrons. The fraction of sp³-hybridized carbons (Fsp3) is 0.444. The number of pyridine rings is 1. The molecule has 35 heavy (non-hydrogen) atoms. The highest BCUT2D eigenvalue weighted by molar-refractivity contribution is 7.99. The molecule has 0 spiro atoms. The monoisotopic (exact) mass is 488 g/mol. The predicted molar refractivity (Wildman–Crippen MR) is 138 cm³/mol. The highest BCUT2D eigenvalue weighted by atomic mass is 32.2. The summed E-state index contributed by atoms with van der Waals surface area (Å²) in [6.07, 6.45) is 10.1. The average Bonchev–Trinajstić information content (AvgIpc) is 3.63. The zero-order valence-electron chi connectivity index (χ0n) is 20.6. The summed E-state index contributed by atoms with van der Waals surface area (Å²) in [5, 5.41) is 14.4. The number of hydrogen-bond donors (Lipinski definition) is 0. The van der Waals surface area contributed by atoms with Crippen LogP contribution in [0, 0.1) is 0 Å². The summed E-state index contributed by atoms with van der Waals surface area (Å²) in [6.45, 7) is 6.73. The first kappa shape index (κ1) is 23.7. The summed E-state index contributed by atoms with van der Waals surface area (Å²) in [4.78, 5) is 8.56. The van der Waals surface area contributed by atoms with E-state index in [4.69, 9.17) is 4.52 Å². The van der Waals surface area contributed by atoms with E-state index in [0.717, 1.165) is 40.7 Å². The Balaban J connectivity index is 1.26. The van der Waals surface area contributed by atoms with Gasteiger partial charge in [-0.15, -0.1) is 10.2 Å². The Kier molecular flexibility index (Phi) is 7.00. The van der Waals surface area contributed by atoms with E-state index in [2.05, 4.69) is 74.9 Å². The smallest absolute Gasteiger partial charge is 0.226 e. The number of aryl methyl sites for hydroxylation is 1. The quantitative estimate of drug-likeness (QED) is 0.206. The number of benzene rings is 1. The lowest BCUT2D eigenvalue weighted by atomic mass is 9.86. The van der Waals surface area contributed by atoms with E-state index in [1.807, 2.05) is 12.1 Å². The second-order valence-corrected chi connectivity index (χ2v) is 11.2. The van der Waals surface area contributed by atoms with Crippen LogP contribution in [-0.2, 0) is 11.8 Å². The summed E-state index contributed by atoms with van der Waals surface area (Å²) in [7, 11) is 0. The molecule has 1 fully saturated rings. The van der Waals surface area contributed by atoms with E-state index in [1.165, 1.54) is 31.2 Å². The van der Waals surface area contributed by atoms with Crippen molar-refractivity contribution in [3.63, 3.8) is 0 Å². The van der Waals surface area contributed by atoms with Crippen molar-refractivity contribution < 1.29 is 4.52 Å². The van der Waals surface area contributed by atoms with E-state index in [9.17, 15) is 0 Å². The van der Waals surface area contributed by atoms with Crippen LogP contribution in [0.3, 0.4) is 0 Å². The number of rotatable bonds is 8. The lowest BCUT2D eigenvalue weighted by Crippen LogP contribution is -2.11. The van der Waals surface area contributed by atoms with Gasteiger partial charge in [0.15, 0.2) is 11.0 Å². The molecule has 0 unspecified atom stereocenters. The maximum Gasteiger partial charge on any atom is 0.226 e. The molecule has 1 saturated carbocycles. The highest BCUT2D eigenvalue weighted by Crippen LogP contribution is 2.37. The van der Waals surface area contributed by atoms with Crippen molar-refractivity contribution in [3.8, 4) is 22.8 Å². The number of hydrogen-bond acceptors (Lipinski definition) is 7. The highest BCUT2D eigenvalue weighted by Gasteiger charge is 2.25. The lowest BCUT2D eigenvalue weighted by molar-refractivity contribution is 0.378. The molecule has 4 aromatic rings. The molecular formula is C27H32N6OS. The molecule has 182 valence electrons. The Labute approximate surface area is 210 Å². The third kappa shape index (κ3) is 5.48. The van der Waals surface area contributed by atoms with Crippen LogP contribution in [0.1, 0.15) is 70.4 Å². The van der Waals surface area contributed by atoms with Crippen molar-refractivity contribution in [2.24, 2.45) is 0 Å². The van der Waals surface area contributed by atoms with E-state index >= 15 is 0 Å². The minimum atomic E-state index is 0.135. The van der Waals surface area contributed by atoms with Crippen LogP contribution in [0.5, 0.6) is 0 Å². The molecule has 0 amide bonds. The molecule has 0 aliphatic heterocycles. The molecular weight excluding hydrogens is 456 g/mol. The Hall–Kier alpha value is -3.00. The molecule has 3 heterocycles. The van der Waals surface area contributed by atoms with Gasteiger partial charge in [-0.3, -0.25) is 9.55 Å². The van der Waals surface area contributed by atoms with Crippen LogP contribution in [0.4, 0.5) is 0 Å². The molecule has 1 aliphatic carbocycles. The van der Waals surface area contributed by atoms with Gasteiger partial charge in [-0.1, -0.05) is 74.8 Å². The fourth-order valence-corrected chi connectivity index (χ4v) is 5.49. The van der Waals surface area contributed by atoms with Gasteiger partial charge in [-0.25, -0.2) is 0 Å². The van der Waals surface area contributed by atoms with Crippen LogP contribution in [0.15, 0.2) is 58.5 Å². The minimum absolute atomic E-state index is 0.135. The van der Waals surface area contributed by atoms with Gasteiger partial charge >= 0.3 is 0 Å². The molecule has 0 atom stereocenters. The molecule has 8 heteroatoms. The summed E-state index contributed by atoms with van der Waals surface area (Å²) in [5.41, 5.74) is 3.52. The minimum Gasteiger partial charge on any atom is -0.339 e. The van der Waals surface area contributed by atoms with Crippen molar-refractivity contribution in [1.82, 2.24) is 29.9 Å². The van der Waals surface area contributed by atoms with Gasteiger partial charge in [0.1, 0.15) is 0 Å². The third-order valence-corrected chi connectivity index (χ3v) is 7.57. The second kappa shape index (κ2) is 10.3. The van der Waals surface area contributed by atoms with E-state index in [-0.39, 0.29) is 5.41 Å². The van der Waals surface area contributed by atoms with Gasteiger partial charge in [0.05, 0.1) is 0 Å². The van der Waals surface area contributed by atoms with Crippen molar-refractivity contribution >= 4 is 11.8 Å². The molecule has 1 aliphatic rings. The maximum atomic E-state index is 5.45. The normalized spacial score (nSPS) is 14.6. The number of thioether (sulfide) groups is 1. The Morgan fingerprint density at radius 2 is 1.71 bits per heavy atom. The second-order valence-electron chi connectivity index (χ2n) is 10.1. The zero-order chi connectivity index (χ0) is 24.3. The first-order valence-corrected chi connectivity index (χ1v) is 13.4. The van der Waals surface area contributed by atoms with Crippen molar-refractivity contribution in [3.05, 3.63) is 60.2 Å². The van der Waals surface area contributed by atoms with E-state index in [0.29, 0.717) is 17.8 Å². The van der Waals surface area contributed by atoms with Gasteiger partial charge in [0.25, 0.3) is 0 Å². The zero-order valence-corrected chi connectivity index (χ0v) is 21.5. The molecule has 0 N–H and O–H groups in total. The first-order chi connectivity index (χ1) is 17.0. The van der Waals surface area contributed by atoms with Gasteiger partial charge < -0.3 is 4.52 Å². The number of aromatic nitrogens is 6. The van der Waals surface area contributed by atoms with Crippen LogP contribution in [0.25, 0.3) is 22.8 Å². The lowest BCUT2D eigenvalue weighted by Gasteiger charge is -2.20. The Bertz CT molecular complexity index is 1240. The first-order valence-electron chi connectivity index (χ1n) is 12.4. The SMILES string of the molecule is CC(C)(C)c1ccc(-c2nnc(SCCCc3nc(-c4ccncc4)no3)n2C2CCCC2)cc1. The predicted octanol–water partition coefficient (Wildman–Crippen LogP) is 6.53. The van der Waals surface area contributed by atoms with Crippen LogP contribution < -0.4 is 0 Å². The van der Waals surface area contributed by atoms with Crippen molar-refractivity contribution in [1.29, 1.82) is 0 Å². The van der Waals surface area contributed by atoms with Gasteiger partial charge in [-0.05, 0) is 42.4 Å². The summed E-state index contributed by atoms with van der Waals surface area (Å²) >= 11 is 1.77. The van der Waals surface area contributed by atoms with E-state index < -0.39 is 0 Å². The molecule has 0 saturated heterocycles. The fourth-order valence-electron chi connectivity index (χ4n) is 4.54. The van der Waals surface area contributed by atoms with Crippen LogP contribution >= 0.6 is 11.8 Å². The van der Waals surface area contributed by atoms with E-state index in [1.54, 1.807) is 24.2 Å². The third-order valence-electron chi connectivity index (χ3n) is 6.54. The van der Waals surface area contributed by atoms with Crippen molar-refractivity contribution in [2.45, 2.75) is 75.9 Å². The maximum absolute atomic E-state index is 5.45. The standard InChI is InChI=1S/C27H32N6OS/c1-27(2,3)21-12-10-20(11-13-21)25-30-31-26(33(25)22-7-4-5-8-22)35-18-6-9-23-29-24(32-34-23)19-14-16-28-17-15-19/h10-17,22H,4-9,18H2,1-3H3. The average molecular weight is 489 g/mol. The van der Waals surface area contributed by atoms with Crippen LogP contribution in [-0.4, -0.2) is 35.6 Å². The summed E-state index contributed by atoms with van der Waals surface area (Å²) in [5.74, 6) is 3.17. The molecule has 1 aromatic carbocycles. The molecule has 3 aromatic heterocycles. The van der Waals surface area contributed by atoms with Crippen molar-refractivity contribution in [2.75, 3.05) is 5.75 Å². The largest absolute Gasteiger partial charge is 0.339 e. The Morgan fingerprint density at radius 3 is 2.43 bits per heavy atom.